The summed E-state index contributed by atoms with van der Waals surface area (Å²) in [6, 6.07) is 0. The summed E-state index contributed by atoms with van der Waals surface area (Å²) >= 11 is 0.857. The second-order valence-corrected chi connectivity index (χ2v) is 6.01. The highest BCUT2D eigenvalue weighted by atomic mass is 32.2. The summed E-state index contributed by atoms with van der Waals surface area (Å²) in [6.45, 7) is 3.58. The Morgan fingerprint density at radius 1 is 1.30 bits per heavy atom. The molecule has 1 aliphatic heterocycles. The summed E-state index contributed by atoms with van der Waals surface area (Å²) in [5.41, 5.74) is 2.01. The fourth-order valence-electron chi connectivity index (χ4n) is 2.50. The summed E-state index contributed by atoms with van der Waals surface area (Å²) in [5, 5.41) is 9.97. The van der Waals surface area contributed by atoms with Gasteiger partial charge in [0.05, 0.1) is 21.7 Å². The second kappa shape index (κ2) is 4.24. The molecule has 20 heavy (non-hydrogen) atoms. The van der Waals surface area contributed by atoms with Crippen LogP contribution in [0.1, 0.15) is 32.0 Å². The first kappa shape index (κ1) is 13.0. The van der Waals surface area contributed by atoms with E-state index in [-0.39, 0.29) is 22.3 Å². The number of hydrogen-bond acceptors (Lipinski definition) is 6. The molecule has 1 aromatic rings. The van der Waals surface area contributed by atoms with Crippen molar-refractivity contribution in [3.05, 3.63) is 49.8 Å². The molecule has 2 atom stereocenters. The van der Waals surface area contributed by atoms with Gasteiger partial charge in [-0.1, -0.05) is 0 Å². The van der Waals surface area contributed by atoms with E-state index in [1.807, 2.05) is 6.92 Å². The molecule has 0 N–H and O–H groups in total. The Bertz CT molecular complexity index is 711. The first-order valence-electron chi connectivity index (χ1n) is 5.99. The van der Waals surface area contributed by atoms with Gasteiger partial charge in [-0.05, 0) is 36.7 Å². The van der Waals surface area contributed by atoms with Gasteiger partial charge < -0.3 is 0 Å². The van der Waals surface area contributed by atoms with Crippen LogP contribution in [0.15, 0.2) is 17.3 Å². The fraction of sp³-hybridized carbons (Fsp3) is 0.308. The molecule has 1 aliphatic carbocycles. The lowest BCUT2D eigenvalue weighted by molar-refractivity contribution is -0.410. The molecule has 3 rings (SSSR count). The summed E-state index contributed by atoms with van der Waals surface area (Å²) < 4.78 is 0. The van der Waals surface area contributed by atoms with Gasteiger partial charge in [-0.2, -0.15) is 0 Å². The molecule has 2 aliphatic rings. The van der Waals surface area contributed by atoms with Gasteiger partial charge in [0.2, 0.25) is 0 Å². The molecule has 2 heterocycles. The number of nitrogens with zero attached hydrogens (tertiary/aromatic N) is 2. The van der Waals surface area contributed by atoms with E-state index in [0.717, 1.165) is 22.9 Å². The number of aromatic nitrogens is 1. The van der Waals surface area contributed by atoms with Crippen LogP contribution in [-0.2, 0) is 0 Å². The quantitative estimate of drug-likeness (QED) is 0.580. The smallest absolute Gasteiger partial charge is 0.293 e. The Hall–Kier alpha value is -2.02. The van der Waals surface area contributed by atoms with Gasteiger partial charge in [-0.15, -0.1) is 0 Å². The zero-order valence-corrected chi connectivity index (χ0v) is 11.6. The van der Waals surface area contributed by atoms with E-state index in [2.05, 4.69) is 4.98 Å². The van der Waals surface area contributed by atoms with Crippen LogP contribution in [0.5, 0.6) is 0 Å². The minimum atomic E-state index is -0.769. The van der Waals surface area contributed by atoms with Gasteiger partial charge in [0, 0.05) is 12.3 Å². The third kappa shape index (κ3) is 1.62. The highest BCUT2D eigenvalue weighted by molar-refractivity contribution is 8.04. The van der Waals surface area contributed by atoms with Crippen LogP contribution in [-0.4, -0.2) is 26.7 Å². The number of aryl methyl sites for hydroxylation is 1. The number of nitro groups is 1. The number of pyridine rings is 1. The van der Waals surface area contributed by atoms with Crippen molar-refractivity contribution < 1.29 is 14.5 Å². The summed E-state index contributed by atoms with van der Waals surface area (Å²) in [4.78, 5) is 39.2. The van der Waals surface area contributed by atoms with E-state index in [9.17, 15) is 19.7 Å². The number of carbonyl (C=O) groups is 2. The Kier molecular flexibility index (Phi) is 2.75. The minimum Gasteiger partial charge on any atom is -0.293 e. The number of hydrogen-bond donors (Lipinski definition) is 0. The summed E-state index contributed by atoms with van der Waals surface area (Å²) in [6.07, 6.45) is 2.83. The predicted molar refractivity (Wildman–Crippen MR) is 72.3 cm³/mol. The average Bonchev–Trinajstić information content (AvgIpc) is 2.85. The molecule has 0 bridgehead atoms. The largest absolute Gasteiger partial charge is 0.300 e. The molecular weight excluding hydrogens is 280 g/mol. The molecule has 0 radical (unpaired) electrons. The van der Waals surface area contributed by atoms with Crippen molar-refractivity contribution in [2.75, 3.05) is 0 Å². The third-order valence-corrected chi connectivity index (χ3v) is 5.00. The van der Waals surface area contributed by atoms with Crippen molar-refractivity contribution in [2.45, 2.75) is 19.1 Å². The van der Waals surface area contributed by atoms with Gasteiger partial charge in [0.1, 0.15) is 5.69 Å². The molecule has 7 heteroatoms. The number of Topliss-reactive ketones (excluding diaryl/α,β-unsaturated/α-hetero) is 2. The topological polar surface area (TPSA) is 90.2 Å². The Balaban J connectivity index is 2.16. The normalized spacial score (nSPS) is 24.2. The lowest BCUT2D eigenvalue weighted by Gasteiger charge is -2.24. The van der Waals surface area contributed by atoms with Crippen LogP contribution in [0.2, 0.25) is 0 Å². The maximum absolute atomic E-state index is 12.5. The number of carbonyl (C=O) groups excluding carboxylic acids is 2. The molecule has 6 nitrogen and oxygen atoms in total. The Morgan fingerprint density at radius 3 is 2.65 bits per heavy atom. The highest BCUT2D eigenvalue weighted by Gasteiger charge is 2.49. The SMILES string of the molecule is Cc1cnc2c(c1C)C(=O)C1SC([N+](=O)[O-])=CC1C2=O. The van der Waals surface area contributed by atoms with E-state index in [4.69, 9.17) is 0 Å². The highest BCUT2D eigenvalue weighted by Crippen LogP contribution is 2.43. The van der Waals surface area contributed by atoms with Crippen molar-refractivity contribution in [3.8, 4) is 0 Å². The summed E-state index contributed by atoms with van der Waals surface area (Å²) in [5.74, 6) is -1.32. The molecule has 0 amide bonds. The standard InChI is InChI=1S/C13H10N2O4S/c1-5-4-14-10-9(6(5)2)12(17)13-7(11(10)16)3-8(20-13)15(18)19/h3-4,7,13H,1-2H3. The summed E-state index contributed by atoms with van der Waals surface area (Å²) in [7, 11) is 0. The third-order valence-electron chi connectivity index (χ3n) is 3.71. The van der Waals surface area contributed by atoms with Crippen molar-refractivity contribution in [1.29, 1.82) is 0 Å². The van der Waals surface area contributed by atoms with Crippen LogP contribution in [0, 0.1) is 29.9 Å². The number of rotatable bonds is 1. The Morgan fingerprint density at radius 2 is 2.00 bits per heavy atom. The van der Waals surface area contributed by atoms with Crippen LogP contribution >= 0.6 is 11.8 Å². The molecule has 0 saturated heterocycles. The number of fused-ring (bicyclic) bond motifs is 2. The first-order chi connectivity index (χ1) is 9.41. The second-order valence-electron chi connectivity index (χ2n) is 4.84. The van der Waals surface area contributed by atoms with Crippen molar-refractivity contribution in [3.63, 3.8) is 0 Å². The monoisotopic (exact) mass is 290 g/mol. The minimum absolute atomic E-state index is 0.135. The lowest BCUT2D eigenvalue weighted by Crippen LogP contribution is -2.37. The predicted octanol–water partition coefficient (Wildman–Crippen LogP) is 1.93. The van der Waals surface area contributed by atoms with Gasteiger partial charge >= 0.3 is 5.03 Å². The van der Waals surface area contributed by atoms with Gasteiger partial charge in [-0.3, -0.25) is 24.7 Å². The van der Waals surface area contributed by atoms with Crippen LogP contribution in [0.4, 0.5) is 0 Å². The van der Waals surface area contributed by atoms with Crippen molar-refractivity contribution in [1.82, 2.24) is 4.98 Å². The van der Waals surface area contributed by atoms with Crippen molar-refractivity contribution >= 4 is 23.3 Å². The van der Waals surface area contributed by atoms with Crippen molar-refractivity contribution in [2.24, 2.45) is 5.92 Å². The lowest BCUT2D eigenvalue weighted by atomic mass is 9.82. The first-order valence-corrected chi connectivity index (χ1v) is 6.87. The van der Waals surface area contributed by atoms with Gasteiger partial charge in [-0.25, -0.2) is 0 Å². The number of ketones is 2. The van der Waals surface area contributed by atoms with E-state index in [0.29, 0.717) is 5.56 Å². The molecule has 1 aromatic heterocycles. The maximum atomic E-state index is 12.5. The zero-order chi connectivity index (χ0) is 14.6. The molecule has 2 unspecified atom stereocenters. The van der Waals surface area contributed by atoms with Gasteiger partial charge in [0.25, 0.3) is 0 Å². The molecule has 0 saturated carbocycles. The van der Waals surface area contributed by atoms with Crippen LogP contribution in [0.3, 0.4) is 0 Å². The average molecular weight is 290 g/mol. The Labute approximate surface area is 118 Å². The van der Waals surface area contributed by atoms with Crippen LogP contribution in [0.25, 0.3) is 0 Å². The molecule has 102 valence electrons. The van der Waals surface area contributed by atoms with Gasteiger partial charge in [0.15, 0.2) is 11.6 Å². The van der Waals surface area contributed by atoms with Crippen LogP contribution < -0.4 is 0 Å². The number of allylic oxidation sites excluding steroid dienone is 1. The molecule has 0 spiro atoms. The van der Waals surface area contributed by atoms with E-state index in [1.54, 1.807) is 13.1 Å². The molecular formula is C13H10N2O4S. The maximum Gasteiger partial charge on any atom is 0.300 e. The number of thioether (sulfide) groups is 1. The fourth-order valence-corrected chi connectivity index (χ4v) is 3.65. The molecule has 0 fully saturated rings. The van der Waals surface area contributed by atoms with E-state index < -0.39 is 16.1 Å². The van der Waals surface area contributed by atoms with E-state index in [1.165, 1.54) is 6.08 Å². The van der Waals surface area contributed by atoms with E-state index >= 15 is 0 Å². The molecule has 0 aromatic carbocycles. The zero-order valence-electron chi connectivity index (χ0n) is 10.7.